The highest BCUT2D eigenvalue weighted by molar-refractivity contribution is 7.89. The number of hydrogen-bond acceptors (Lipinski definition) is 8. The van der Waals surface area contributed by atoms with Gasteiger partial charge < -0.3 is 20.3 Å². The average molecular weight is 411 g/mol. The Labute approximate surface area is 166 Å². The van der Waals surface area contributed by atoms with Crippen LogP contribution in [-0.4, -0.2) is 76.1 Å². The second-order valence-corrected chi connectivity index (χ2v) is 9.61. The molecule has 1 aromatic rings. The second-order valence-electron chi connectivity index (χ2n) is 7.74. The molecule has 3 heterocycles. The Morgan fingerprint density at radius 1 is 1.18 bits per heavy atom. The van der Waals surface area contributed by atoms with E-state index >= 15 is 0 Å². The van der Waals surface area contributed by atoms with Gasteiger partial charge in [0, 0.05) is 63.7 Å². The highest BCUT2D eigenvalue weighted by Gasteiger charge is 2.28. The Morgan fingerprint density at radius 2 is 1.93 bits per heavy atom. The lowest BCUT2D eigenvalue weighted by atomic mass is 10.1. The van der Waals surface area contributed by atoms with Gasteiger partial charge >= 0.3 is 0 Å². The number of piperazine rings is 1. The van der Waals surface area contributed by atoms with E-state index < -0.39 is 10.0 Å². The highest BCUT2D eigenvalue weighted by atomic mass is 32.2. The molecule has 2 saturated heterocycles. The number of sulfonamides is 1. The first-order chi connectivity index (χ1) is 13.6. The molecule has 3 fully saturated rings. The van der Waals surface area contributed by atoms with Gasteiger partial charge in [-0.3, -0.25) is 0 Å². The Balaban J connectivity index is 1.37. The SMILES string of the molecule is O=S(=O)(CCNc1nc(N2CCNCC2)ncc1C1CC1)NC1CCOCC1. The Bertz CT molecular complexity index is 759. The summed E-state index contributed by atoms with van der Waals surface area (Å²) in [5, 5.41) is 6.60. The Hall–Kier alpha value is -1.49. The molecule has 2 aliphatic heterocycles. The largest absolute Gasteiger partial charge is 0.381 e. The van der Waals surface area contributed by atoms with Gasteiger partial charge in [-0.25, -0.2) is 18.1 Å². The van der Waals surface area contributed by atoms with E-state index in [1.54, 1.807) is 0 Å². The number of rotatable bonds is 8. The fourth-order valence-electron chi connectivity index (χ4n) is 3.67. The van der Waals surface area contributed by atoms with Crippen LogP contribution in [-0.2, 0) is 14.8 Å². The van der Waals surface area contributed by atoms with Crippen molar-refractivity contribution in [3.8, 4) is 0 Å². The van der Waals surface area contributed by atoms with Crippen LogP contribution in [0.15, 0.2) is 6.20 Å². The van der Waals surface area contributed by atoms with Crippen molar-refractivity contribution in [1.29, 1.82) is 0 Å². The number of nitrogens with zero attached hydrogens (tertiary/aromatic N) is 3. The van der Waals surface area contributed by atoms with Crippen LogP contribution in [0.3, 0.4) is 0 Å². The lowest BCUT2D eigenvalue weighted by Gasteiger charge is -2.28. The molecule has 156 valence electrons. The first-order valence-electron chi connectivity index (χ1n) is 10.2. The van der Waals surface area contributed by atoms with E-state index in [2.05, 4.69) is 25.2 Å². The van der Waals surface area contributed by atoms with Crippen LogP contribution >= 0.6 is 0 Å². The summed E-state index contributed by atoms with van der Waals surface area (Å²) in [6, 6.07) is -0.0147. The van der Waals surface area contributed by atoms with Gasteiger partial charge in [-0.1, -0.05) is 0 Å². The molecule has 9 nitrogen and oxygen atoms in total. The third kappa shape index (κ3) is 5.31. The van der Waals surface area contributed by atoms with Gasteiger partial charge in [-0.05, 0) is 31.6 Å². The van der Waals surface area contributed by atoms with E-state index in [9.17, 15) is 8.42 Å². The number of anilines is 2. The van der Waals surface area contributed by atoms with E-state index in [0.29, 0.717) is 25.7 Å². The van der Waals surface area contributed by atoms with Gasteiger partial charge in [0.05, 0.1) is 5.75 Å². The molecule has 3 aliphatic rings. The van der Waals surface area contributed by atoms with E-state index in [-0.39, 0.29) is 11.8 Å². The molecule has 3 N–H and O–H groups in total. The van der Waals surface area contributed by atoms with E-state index in [1.807, 2.05) is 6.20 Å². The fourth-order valence-corrected chi connectivity index (χ4v) is 4.90. The van der Waals surface area contributed by atoms with Crippen molar-refractivity contribution >= 4 is 21.8 Å². The molecule has 1 aliphatic carbocycles. The van der Waals surface area contributed by atoms with Gasteiger partial charge in [0.15, 0.2) is 0 Å². The monoisotopic (exact) mass is 410 g/mol. The molecule has 0 atom stereocenters. The lowest BCUT2D eigenvalue weighted by molar-refractivity contribution is 0.0832. The van der Waals surface area contributed by atoms with Crippen molar-refractivity contribution in [3.05, 3.63) is 11.8 Å². The molecule has 4 rings (SSSR count). The molecule has 28 heavy (non-hydrogen) atoms. The maximum absolute atomic E-state index is 12.4. The van der Waals surface area contributed by atoms with Gasteiger partial charge in [-0.15, -0.1) is 0 Å². The standard InChI is InChI=1S/C18H30N6O3S/c25-28(26,23-15-3-10-27-11-4-15)12-7-20-17-16(14-1-2-14)13-21-18(22-17)24-8-5-19-6-9-24/h13-15,19,23H,1-12H2,(H,20,21,22). The summed E-state index contributed by atoms with van der Waals surface area (Å²) in [6.45, 7) is 5.17. The molecule has 10 heteroatoms. The van der Waals surface area contributed by atoms with Gasteiger partial charge in [0.1, 0.15) is 5.82 Å². The lowest BCUT2D eigenvalue weighted by Crippen LogP contribution is -2.44. The van der Waals surface area contributed by atoms with Crippen molar-refractivity contribution < 1.29 is 13.2 Å². The van der Waals surface area contributed by atoms with Crippen LogP contribution in [0.1, 0.15) is 37.2 Å². The van der Waals surface area contributed by atoms with Crippen LogP contribution in [0.25, 0.3) is 0 Å². The third-order valence-electron chi connectivity index (χ3n) is 5.45. The first kappa shape index (κ1) is 19.8. The predicted molar refractivity (Wildman–Crippen MR) is 108 cm³/mol. The van der Waals surface area contributed by atoms with Gasteiger partial charge in [0.2, 0.25) is 16.0 Å². The predicted octanol–water partition coefficient (Wildman–Crippen LogP) is 0.274. The van der Waals surface area contributed by atoms with Crippen molar-refractivity contribution in [2.24, 2.45) is 0 Å². The minimum Gasteiger partial charge on any atom is -0.381 e. The van der Waals surface area contributed by atoms with Crippen LogP contribution < -0.4 is 20.3 Å². The highest BCUT2D eigenvalue weighted by Crippen LogP contribution is 2.42. The minimum atomic E-state index is -3.33. The molecule has 0 radical (unpaired) electrons. The molecule has 1 saturated carbocycles. The van der Waals surface area contributed by atoms with Crippen molar-refractivity contribution in [2.45, 2.75) is 37.6 Å². The zero-order chi connectivity index (χ0) is 19.4. The van der Waals surface area contributed by atoms with E-state index in [1.165, 1.54) is 0 Å². The number of ether oxygens (including phenoxy) is 1. The number of aromatic nitrogens is 2. The number of hydrogen-bond donors (Lipinski definition) is 3. The van der Waals surface area contributed by atoms with Crippen LogP contribution in [0, 0.1) is 0 Å². The molecule has 0 amide bonds. The van der Waals surface area contributed by atoms with Crippen LogP contribution in [0.5, 0.6) is 0 Å². The molecule has 0 spiro atoms. The topological polar surface area (TPSA) is 108 Å². The molecular formula is C18H30N6O3S. The van der Waals surface area contributed by atoms with Gasteiger partial charge in [0.25, 0.3) is 0 Å². The second kappa shape index (κ2) is 8.89. The number of nitrogens with one attached hydrogen (secondary N) is 3. The molecule has 0 unspecified atom stereocenters. The quantitative estimate of drug-likeness (QED) is 0.561. The Morgan fingerprint density at radius 3 is 2.64 bits per heavy atom. The maximum Gasteiger partial charge on any atom is 0.227 e. The maximum atomic E-state index is 12.4. The summed E-state index contributed by atoms with van der Waals surface area (Å²) < 4.78 is 32.9. The van der Waals surface area contributed by atoms with E-state index in [0.717, 1.165) is 69.2 Å². The van der Waals surface area contributed by atoms with Crippen LogP contribution in [0.2, 0.25) is 0 Å². The molecule has 1 aromatic heterocycles. The van der Waals surface area contributed by atoms with Crippen molar-refractivity contribution in [3.63, 3.8) is 0 Å². The summed E-state index contributed by atoms with van der Waals surface area (Å²) in [5.74, 6) is 2.03. The normalized spacial score (nSPS) is 21.6. The summed E-state index contributed by atoms with van der Waals surface area (Å²) in [7, 11) is -3.33. The third-order valence-corrected chi connectivity index (χ3v) is 6.89. The van der Waals surface area contributed by atoms with Gasteiger partial charge in [-0.2, -0.15) is 4.98 Å². The zero-order valence-corrected chi connectivity index (χ0v) is 17.0. The average Bonchev–Trinajstić information content (AvgIpc) is 3.54. The summed E-state index contributed by atoms with van der Waals surface area (Å²) in [6.07, 6.45) is 5.68. The fraction of sp³-hybridized carbons (Fsp3) is 0.778. The van der Waals surface area contributed by atoms with Crippen molar-refractivity contribution in [1.82, 2.24) is 20.0 Å². The van der Waals surface area contributed by atoms with E-state index in [4.69, 9.17) is 9.72 Å². The minimum absolute atomic E-state index is 0.0147. The smallest absolute Gasteiger partial charge is 0.227 e. The zero-order valence-electron chi connectivity index (χ0n) is 16.2. The molecule has 0 aromatic carbocycles. The molecule has 0 bridgehead atoms. The molecular weight excluding hydrogens is 380 g/mol. The Kier molecular flexibility index (Phi) is 6.29. The van der Waals surface area contributed by atoms with Crippen molar-refractivity contribution in [2.75, 3.05) is 61.9 Å². The summed E-state index contributed by atoms with van der Waals surface area (Å²) in [5.41, 5.74) is 1.11. The summed E-state index contributed by atoms with van der Waals surface area (Å²) >= 11 is 0. The summed E-state index contributed by atoms with van der Waals surface area (Å²) in [4.78, 5) is 11.5. The first-order valence-corrected chi connectivity index (χ1v) is 11.9. The van der Waals surface area contributed by atoms with Crippen LogP contribution in [0.4, 0.5) is 11.8 Å².